The highest BCUT2D eigenvalue weighted by Crippen LogP contribution is 2.65. The second kappa shape index (κ2) is 37.6. The lowest BCUT2D eigenvalue weighted by Gasteiger charge is -2.57. The number of thioether (sulfide) groups is 2. The summed E-state index contributed by atoms with van der Waals surface area (Å²) in [5.74, 6) is 6.34. The third-order valence-electron chi connectivity index (χ3n) is 33.3. The SMILES string of the molecule is CC(C)(C)C1(C(C)(C)C)CCCSC1.CC(C)(C)C1(C(C)(C)C)CCNCC1.CC(C)(C)C1(C(C)(C)C)CCOC1.CC(C)(C)C1(C(C)(C)C)CCOCC1.CC(C)(C)C1(C(C)(C)C)CCS(=O)(=O)C1.CC(C)(C)C1(C(C)(C)C)CCSC1.CC(C)(C)C1(C(C)(C)C)CNC(=O)C1.CN1CCC(C(C)(C)C)(C(C)(C)C)CC1. The van der Waals surface area contributed by atoms with Crippen molar-refractivity contribution in [3.8, 4) is 0 Å². The number of amides is 1. The minimum Gasteiger partial charge on any atom is -0.381 e. The number of rotatable bonds is 0. The van der Waals surface area contributed by atoms with Crippen molar-refractivity contribution in [2.24, 2.45) is 130 Å². The highest BCUT2D eigenvalue weighted by molar-refractivity contribution is 7.99. The fourth-order valence-electron chi connectivity index (χ4n) is 25.3. The predicted molar refractivity (Wildman–Crippen MR) is 504 cm³/mol. The number of hydrogen-bond donors (Lipinski definition) is 2. The molecule has 2 N–H and O–H groups in total. The first-order valence-corrected chi connectivity index (χ1v) is 49.5. The monoisotopic (exact) mass is 1630 g/mol. The van der Waals surface area contributed by atoms with Crippen LogP contribution in [0.2, 0.25) is 0 Å². The van der Waals surface area contributed by atoms with Gasteiger partial charge in [0.2, 0.25) is 5.91 Å². The van der Waals surface area contributed by atoms with Gasteiger partial charge in [0, 0.05) is 43.6 Å². The molecule has 8 rings (SSSR count). The number of piperidine rings is 2. The van der Waals surface area contributed by atoms with Crippen molar-refractivity contribution < 1.29 is 22.7 Å². The minimum atomic E-state index is -2.82. The molecule has 0 bridgehead atoms. The minimum absolute atomic E-state index is 0.0365. The molecule has 0 aromatic carbocycles. The molecule has 670 valence electrons. The molecule has 0 aromatic rings. The summed E-state index contributed by atoms with van der Waals surface area (Å²) < 4.78 is 34.6. The smallest absolute Gasteiger partial charge is 0.220 e. The van der Waals surface area contributed by atoms with Gasteiger partial charge in [-0.15, -0.1) is 0 Å². The quantitative estimate of drug-likeness (QED) is 0.246. The number of sulfone groups is 1. The molecule has 8 heterocycles. The molecule has 1 amide bonds. The van der Waals surface area contributed by atoms with Crippen molar-refractivity contribution in [3.05, 3.63) is 0 Å². The van der Waals surface area contributed by atoms with E-state index >= 15 is 0 Å². The number of carbonyl (C=O) groups excluding carboxylic acids is 1. The Bertz CT molecular complexity index is 2630. The Hall–Kier alpha value is -0.0400. The van der Waals surface area contributed by atoms with E-state index < -0.39 is 9.84 Å². The molecule has 112 heavy (non-hydrogen) atoms. The number of hydrogen-bond acceptors (Lipinski definition) is 9. The summed E-state index contributed by atoms with van der Waals surface area (Å²) in [4.78, 5) is 13.9. The molecular weight excluding hydrogens is 1430 g/mol. The fourth-order valence-corrected chi connectivity index (χ4v) is 31.7. The summed E-state index contributed by atoms with van der Waals surface area (Å²) >= 11 is 4.29. The maximum absolute atomic E-state index is 11.7. The molecule has 0 radical (unpaired) electrons. The van der Waals surface area contributed by atoms with Gasteiger partial charge in [-0.2, -0.15) is 23.5 Å². The summed E-state index contributed by atoms with van der Waals surface area (Å²) in [7, 11) is -0.575. The second-order valence-corrected chi connectivity index (χ2v) is 58.3. The largest absolute Gasteiger partial charge is 0.381 e. The number of likely N-dealkylation sites (tertiary alicyclic amines) is 1. The first-order valence-electron chi connectivity index (χ1n) is 45.3. The lowest BCUT2D eigenvalue weighted by atomic mass is 9.50. The van der Waals surface area contributed by atoms with Crippen molar-refractivity contribution in [2.75, 3.05) is 101 Å². The first kappa shape index (κ1) is 110. The van der Waals surface area contributed by atoms with E-state index in [1.165, 1.54) is 113 Å². The van der Waals surface area contributed by atoms with Gasteiger partial charge in [-0.1, -0.05) is 332 Å². The van der Waals surface area contributed by atoms with E-state index in [-0.39, 0.29) is 38.4 Å². The first-order chi connectivity index (χ1) is 49.2. The van der Waals surface area contributed by atoms with Crippen molar-refractivity contribution in [3.63, 3.8) is 0 Å². The van der Waals surface area contributed by atoms with Gasteiger partial charge in [0.05, 0.1) is 18.1 Å². The van der Waals surface area contributed by atoms with Crippen LogP contribution in [-0.2, 0) is 24.1 Å². The third kappa shape index (κ3) is 25.1. The zero-order valence-electron chi connectivity index (χ0n) is 85.3. The molecule has 8 nitrogen and oxygen atoms in total. The van der Waals surface area contributed by atoms with E-state index in [9.17, 15) is 13.2 Å². The Morgan fingerprint density at radius 3 is 0.795 bits per heavy atom. The fraction of sp³-hybridized carbons (Fsp3) is 0.990. The number of carbonyl (C=O) groups is 1. The van der Waals surface area contributed by atoms with Crippen LogP contribution in [0.4, 0.5) is 0 Å². The normalized spacial score (nSPS) is 23.7. The van der Waals surface area contributed by atoms with Crippen LogP contribution in [0.25, 0.3) is 0 Å². The van der Waals surface area contributed by atoms with Crippen molar-refractivity contribution >= 4 is 39.3 Å². The lowest BCUT2D eigenvalue weighted by Crippen LogP contribution is -2.52. The van der Waals surface area contributed by atoms with Crippen molar-refractivity contribution in [1.29, 1.82) is 0 Å². The van der Waals surface area contributed by atoms with Crippen molar-refractivity contribution in [1.82, 2.24) is 15.5 Å². The average molecular weight is 1640 g/mol. The Balaban J connectivity index is 0.000000640. The Labute approximate surface area is 712 Å². The Kier molecular flexibility index (Phi) is 36.9. The zero-order valence-corrected chi connectivity index (χ0v) is 87.8. The zero-order chi connectivity index (χ0) is 89.0. The van der Waals surface area contributed by atoms with Gasteiger partial charge in [0.25, 0.3) is 0 Å². The molecule has 8 saturated heterocycles. The van der Waals surface area contributed by atoms with Gasteiger partial charge in [-0.05, 0) is 246 Å². The second-order valence-electron chi connectivity index (χ2n) is 53.9. The van der Waals surface area contributed by atoms with E-state index in [1.807, 2.05) is 0 Å². The molecule has 11 heteroatoms. The number of nitrogens with zero attached hydrogens (tertiary/aromatic N) is 1. The van der Waals surface area contributed by atoms with Crippen LogP contribution in [-0.4, -0.2) is 120 Å². The number of nitrogens with one attached hydrogen (secondary N) is 2. The van der Waals surface area contributed by atoms with Gasteiger partial charge in [-0.25, -0.2) is 8.42 Å². The molecular formula is C101H203N3O5S3. The Morgan fingerprint density at radius 2 is 0.607 bits per heavy atom. The topological polar surface area (TPSA) is 97.0 Å². The maximum Gasteiger partial charge on any atom is 0.220 e. The van der Waals surface area contributed by atoms with Crippen LogP contribution in [0, 0.1) is 130 Å². The van der Waals surface area contributed by atoms with Crippen LogP contribution in [0.3, 0.4) is 0 Å². The molecule has 0 aromatic heterocycles. The van der Waals surface area contributed by atoms with Crippen LogP contribution < -0.4 is 10.6 Å². The summed E-state index contributed by atoms with van der Waals surface area (Å²) in [5, 5.41) is 6.47. The van der Waals surface area contributed by atoms with E-state index in [0.717, 1.165) is 39.4 Å². The summed E-state index contributed by atoms with van der Waals surface area (Å²) in [6.45, 7) is 122. The molecule has 8 fully saturated rings. The lowest BCUT2D eigenvalue weighted by molar-refractivity contribution is -0.121. The van der Waals surface area contributed by atoms with E-state index in [0.29, 0.717) is 115 Å². The highest BCUT2D eigenvalue weighted by atomic mass is 32.2. The predicted octanol–water partition coefficient (Wildman–Crippen LogP) is 28.9. The number of ether oxygens (including phenoxy) is 2. The van der Waals surface area contributed by atoms with Gasteiger partial charge < -0.3 is 25.0 Å². The average Bonchev–Trinajstić information content (AvgIpc) is 1.69. The van der Waals surface area contributed by atoms with Crippen LogP contribution in [0.15, 0.2) is 0 Å². The van der Waals surface area contributed by atoms with Crippen LogP contribution >= 0.6 is 23.5 Å². The van der Waals surface area contributed by atoms with E-state index in [2.05, 4.69) is 378 Å². The molecule has 0 atom stereocenters. The molecule has 8 aliphatic rings. The van der Waals surface area contributed by atoms with Crippen molar-refractivity contribution in [2.45, 2.75) is 409 Å². The maximum atomic E-state index is 11.7. The summed E-state index contributed by atoms with van der Waals surface area (Å²) in [6, 6.07) is 0. The van der Waals surface area contributed by atoms with Gasteiger partial charge in [0.1, 0.15) is 0 Å². The van der Waals surface area contributed by atoms with Gasteiger partial charge in [-0.3, -0.25) is 4.79 Å². The Morgan fingerprint density at radius 1 is 0.321 bits per heavy atom. The van der Waals surface area contributed by atoms with Crippen LogP contribution in [0.5, 0.6) is 0 Å². The third-order valence-corrected chi connectivity index (χ3v) is 37.5. The molecule has 0 spiro atoms. The molecule has 8 aliphatic heterocycles. The molecule has 0 aliphatic carbocycles. The van der Waals surface area contributed by atoms with Gasteiger partial charge in [0.15, 0.2) is 9.84 Å². The van der Waals surface area contributed by atoms with E-state index in [4.69, 9.17) is 9.47 Å². The van der Waals surface area contributed by atoms with Gasteiger partial charge >= 0.3 is 0 Å². The highest BCUT2D eigenvalue weighted by Gasteiger charge is 2.60. The molecule has 0 unspecified atom stereocenters. The van der Waals surface area contributed by atoms with E-state index in [1.54, 1.807) is 0 Å². The molecule has 0 saturated carbocycles. The summed E-state index contributed by atoms with van der Waals surface area (Å²) in [6.07, 6.45) is 14.6. The standard InChI is InChI=1S/C14H29N.C13H27N.C13H26O.C13H26S.C12H23NO.C12H24O2S.C12H24O.C12H24S/c1-12(2,3)14(13(4,5)6)8-10-15(7)11-9-14;2*1-11(2,3)13(12(4,5)6)7-9-14-10-8-13;1-11(2,3)13(12(4,5)6)8-7-9-14-10-13;1-10(2,3)12(11(4,5)6)7-9(14)13-8-12;1-10(2,3)12(11(4,5)6)7-8-15(13,14)9-12;2*1-10(2,3)12(11(4,5)6)7-8-13-9-12/h8-11H2,1-7H3;14H,7-10H2,1-6H3;2*7-10H2,1-6H3;7-8H2,1-6H3,(H,13,14);7-9H2,1-6H3;2*7-9H2,1-6H3. The van der Waals surface area contributed by atoms with Crippen LogP contribution in [0.1, 0.15) is 409 Å². The summed E-state index contributed by atoms with van der Waals surface area (Å²) in [5.41, 5.74) is 7.98.